The molecule has 0 aliphatic carbocycles. The van der Waals surface area contributed by atoms with Gasteiger partial charge in [-0.05, 0) is 37.8 Å². The van der Waals surface area contributed by atoms with Gasteiger partial charge in [0.25, 0.3) is 5.69 Å². The van der Waals surface area contributed by atoms with E-state index in [0.29, 0.717) is 18.0 Å². The van der Waals surface area contributed by atoms with Gasteiger partial charge >= 0.3 is 0 Å². The molecule has 0 saturated carbocycles. The van der Waals surface area contributed by atoms with Crippen molar-refractivity contribution in [3.8, 4) is 5.75 Å². The molecule has 0 spiro atoms. The van der Waals surface area contributed by atoms with Gasteiger partial charge < -0.3 is 10.1 Å². The van der Waals surface area contributed by atoms with Crippen molar-refractivity contribution in [1.29, 1.82) is 0 Å². The van der Waals surface area contributed by atoms with Crippen LogP contribution < -0.4 is 10.1 Å². The van der Waals surface area contributed by atoms with Gasteiger partial charge in [0.05, 0.1) is 17.1 Å². The van der Waals surface area contributed by atoms with Crippen molar-refractivity contribution in [2.24, 2.45) is 0 Å². The van der Waals surface area contributed by atoms with Crippen molar-refractivity contribution in [2.45, 2.75) is 33.4 Å². The second kappa shape index (κ2) is 6.58. The smallest absolute Gasteiger partial charge is 0.275 e. The van der Waals surface area contributed by atoms with E-state index in [9.17, 15) is 10.1 Å². The molecule has 0 bridgehead atoms. The van der Waals surface area contributed by atoms with Crippen LogP contribution in [0.15, 0.2) is 29.6 Å². The molecule has 2 rings (SSSR count). The normalized spacial score (nSPS) is 10.7. The fraction of sp³-hybridized carbons (Fsp3) is 0.333. The minimum atomic E-state index is -0.408. The highest BCUT2D eigenvalue weighted by molar-refractivity contribution is 7.10. The molecule has 1 aromatic carbocycles. The van der Waals surface area contributed by atoms with E-state index in [4.69, 9.17) is 4.74 Å². The van der Waals surface area contributed by atoms with Crippen LogP contribution in [0.2, 0.25) is 0 Å². The summed E-state index contributed by atoms with van der Waals surface area (Å²) in [5.41, 5.74) is 1.93. The van der Waals surface area contributed by atoms with Crippen LogP contribution in [0, 0.1) is 17.0 Å². The SMILES string of the molecule is Cc1ccsc1CNc1cc(OC(C)C)cc([N+](=O)[O-])c1. The Morgan fingerprint density at radius 1 is 1.38 bits per heavy atom. The fourth-order valence-corrected chi connectivity index (χ4v) is 2.74. The number of nitrogens with zero attached hydrogens (tertiary/aromatic N) is 1. The molecule has 1 heterocycles. The maximum Gasteiger partial charge on any atom is 0.275 e. The summed E-state index contributed by atoms with van der Waals surface area (Å²) in [6.07, 6.45) is -0.0283. The molecule has 0 fully saturated rings. The first-order valence-electron chi connectivity index (χ1n) is 6.68. The number of hydrogen-bond acceptors (Lipinski definition) is 5. The van der Waals surface area contributed by atoms with Gasteiger partial charge in [0.15, 0.2) is 0 Å². The molecule has 112 valence electrons. The van der Waals surface area contributed by atoms with Crippen molar-refractivity contribution in [1.82, 2.24) is 0 Å². The maximum atomic E-state index is 11.0. The van der Waals surface area contributed by atoms with Crippen LogP contribution in [-0.2, 0) is 6.54 Å². The third-order valence-electron chi connectivity index (χ3n) is 2.90. The van der Waals surface area contributed by atoms with Crippen LogP contribution in [0.4, 0.5) is 11.4 Å². The lowest BCUT2D eigenvalue weighted by atomic mass is 10.2. The lowest BCUT2D eigenvalue weighted by Crippen LogP contribution is -2.07. The molecule has 0 saturated heterocycles. The third-order valence-corrected chi connectivity index (χ3v) is 3.92. The summed E-state index contributed by atoms with van der Waals surface area (Å²) in [4.78, 5) is 11.8. The first-order valence-corrected chi connectivity index (χ1v) is 7.56. The second-order valence-corrected chi connectivity index (χ2v) is 6.02. The number of nitro benzene ring substituents is 1. The summed E-state index contributed by atoms with van der Waals surface area (Å²) in [5, 5.41) is 16.3. The number of rotatable bonds is 6. The highest BCUT2D eigenvalue weighted by Crippen LogP contribution is 2.27. The number of thiophene rings is 1. The van der Waals surface area contributed by atoms with E-state index in [-0.39, 0.29) is 11.8 Å². The lowest BCUT2D eigenvalue weighted by molar-refractivity contribution is -0.384. The van der Waals surface area contributed by atoms with Gasteiger partial charge in [-0.25, -0.2) is 0 Å². The van der Waals surface area contributed by atoms with E-state index in [1.807, 2.05) is 26.2 Å². The van der Waals surface area contributed by atoms with E-state index < -0.39 is 4.92 Å². The van der Waals surface area contributed by atoms with E-state index in [1.54, 1.807) is 17.4 Å². The zero-order valence-electron chi connectivity index (χ0n) is 12.3. The molecule has 1 N–H and O–H groups in total. The Balaban J connectivity index is 2.19. The largest absolute Gasteiger partial charge is 0.491 e. The van der Waals surface area contributed by atoms with Gasteiger partial charge in [0.1, 0.15) is 5.75 Å². The van der Waals surface area contributed by atoms with Gasteiger partial charge in [0.2, 0.25) is 0 Å². The van der Waals surface area contributed by atoms with Gasteiger partial charge in [-0.2, -0.15) is 0 Å². The average Bonchev–Trinajstić information content (AvgIpc) is 2.81. The van der Waals surface area contributed by atoms with E-state index in [1.165, 1.54) is 22.6 Å². The quantitative estimate of drug-likeness (QED) is 0.636. The molecule has 0 unspecified atom stereocenters. The molecule has 2 aromatic rings. The Bertz CT molecular complexity index is 638. The number of benzene rings is 1. The summed E-state index contributed by atoms with van der Waals surface area (Å²) in [5.74, 6) is 0.504. The predicted molar refractivity (Wildman–Crippen MR) is 85.2 cm³/mol. The first-order chi connectivity index (χ1) is 9.95. The Hall–Kier alpha value is -2.08. The minimum absolute atomic E-state index is 0.0264. The Morgan fingerprint density at radius 2 is 2.14 bits per heavy atom. The molecule has 21 heavy (non-hydrogen) atoms. The summed E-state index contributed by atoms with van der Waals surface area (Å²) < 4.78 is 5.56. The van der Waals surface area contributed by atoms with Crippen molar-refractivity contribution >= 4 is 22.7 Å². The minimum Gasteiger partial charge on any atom is -0.491 e. The number of aryl methyl sites for hydroxylation is 1. The van der Waals surface area contributed by atoms with E-state index in [2.05, 4.69) is 11.4 Å². The molecule has 5 nitrogen and oxygen atoms in total. The van der Waals surface area contributed by atoms with Crippen molar-refractivity contribution < 1.29 is 9.66 Å². The zero-order valence-corrected chi connectivity index (χ0v) is 13.1. The maximum absolute atomic E-state index is 11.0. The number of anilines is 1. The summed E-state index contributed by atoms with van der Waals surface area (Å²) >= 11 is 1.67. The topological polar surface area (TPSA) is 64.4 Å². The van der Waals surface area contributed by atoms with Crippen LogP contribution in [0.1, 0.15) is 24.3 Å². The Labute approximate surface area is 127 Å². The second-order valence-electron chi connectivity index (χ2n) is 5.02. The van der Waals surface area contributed by atoms with Gasteiger partial charge in [-0.3, -0.25) is 10.1 Å². The van der Waals surface area contributed by atoms with Crippen LogP contribution in [0.3, 0.4) is 0 Å². The van der Waals surface area contributed by atoms with Crippen molar-refractivity contribution in [3.63, 3.8) is 0 Å². The zero-order chi connectivity index (χ0) is 15.4. The van der Waals surface area contributed by atoms with Gasteiger partial charge in [0, 0.05) is 29.2 Å². The summed E-state index contributed by atoms with van der Waals surface area (Å²) in [7, 11) is 0. The van der Waals surface area contributed by atoms with Gasteiger partial charge in [-0.1, -0.05) is 0 Å². The molecule has 1 aromatic heterocycles. The van der Waals surface area contributed by atoms with Gasteiger partial charge in [-0.15, -0.1) is 11.3 Å². The van der Waals surface area contributed by atoms with E-state index in [0.717, 1.165) is 0 Å². The number of nitro groups is 1. The Kier molecular flexibility index (Phi) is 4.80. The number of nitrogens with one attached hydrogen (secondary N) is 1. The van der Waals surface area contributed by atoms with Crippen molar-refractivity contribution in [3.05, 3.63) is 50.2 Å². The molecular weight excluding hydrogens is 288 g/mol. The molecule has 0 amide bonds. The highest BCUT2D eigenvalue weighted by Gasteiger charge is 2.12. The van der Waals surface area contributed by atoms with E-state index >= 15 is 0 Å². The highest BCUT2D eigenvalue weighted by atomic mass is 32.1. The lowest BCUT2D eigenvalue weighted by Gasteiger charge is -2.12. The molecule has 0 aliphatic heterocycles. The van der Waals surface area contributed by atoms with Crippen LogP contribution in [-0.4, -0.2) is 11.0 Å². The third kappa shape index (κ3) is 4.19. The molecule has 6 heteroatoms. The molecule has 0 aliphatic rings. The molecular formula is C15H18N2O3S. The summed E-state index contributed by atoms with van der Waals surface area (Å²) in [6.45, 7) is 6.47. The molecule has 0 atom stereocenters. The van der Waals surface area contributed by atoms with Crippen molar-refractivity contribution in [2.75, 3.05) is 5.32 Å². The summed E-state index contributed by atoms with van der Waals surface area (Å²) in [6, 6.07) is 6.82. The first kappa shape index (κ1) is 15.3. The van der Waals surface area contributed by atoms with Crippen LogP contribution in [0.25, 0.3) is 0 Å². The number of hydrogen-bond donors (Lipinski definition) is 1. The van der Waals surface area contributed by atoms with Crippen LogP contribution in [0.5, 0.6) is 5.75 Å². The number of non-ortho nitro benzene ring substituents is 1. The monoisotopic (exact) mass is 306 g/mol. The standard InChI is InChI=1S/C15H18N2O3S/c1-10(2)20-14-7-12(6-13(8-14)17(18)19)16-9-15-11(3)4-5-21-15/h4-8,10,16H,9H2,1-3H3. The fourth-order valence-electron chi connectivity index (χ4n) is 1.90. The number of ether oxygens (including phenoxy) is 1. The predicted octanol–water partition coefficient (Wildman–Crippen LogP) is 4.36. The molecule has 0 radical (unpaired) electrons. The Morgan fingerprint density at radius 3 is 2.71 bits per heavy atom. The van der Waals surface area contributed by atoms with Crippen LogP contribution >= 0.6 is 11.3 Å². The average molecular weight is 306 g/mol.